The Morgan fingerprint density at radius 3 is 2.47 bits per heavy atom. The zero-order chi connectivity index (χ0) is 13.0. The minimum Gasteiger partial charge on any atom is -0.496 e. The molecule has 1 atom stereocenters. The van der Waals surface area contributed by atoms with E-state index in [4.69, 9.17) is 10.00 Å². The molecule has 0 radical (unpaired) electrons. The number of benzene rings is 1. The summed E-state index contributed by atoms with van der Waals surface area (Å²) in [7, 11) is 1.69. The standard InChI is InChI=1S/C14H18BrNO/c1-9(2)13-7-12(15)6-11(14(13)17-4)5-10(3)8-16/h6-7,9-10H,5H2,1-4H3. The summed E-state index contributed by atoms with van der Waals surface area (Å²) in [5.74, 6) is 1.32. The zero-order valence-electron chi connectivity index (χ0n) is 10.7. The van der Waals surface area contributed by atoms with E-state index in [0.717, 1.165) is 22.2 Å². The topological polar surface area (TPSA) is 33.0 Å². The Kier molecular flexibility index (Phi) is 5.02. The number of hydrogen-bond donors (Lipinski definition) is 0. The van der Waals surface area contributed by atoms with Crippen molar-refractivity contribution >= 4 is 15.9 Å². The first kappa shape index (κ1) is 14.1. The maximum atomic E-state index is 8.90. The average Bonchev–Trinajstić information content (AvgIpc) is 2.28. The van der Waals surface area contributed by atoms with Crippen LogP contribution in [0.2, 0.25) is 0 Å². The Morgan fingerprint density at radius 1 is 1.35 bits per heavy atom. The van der Waals surface area contributed by atoms with E-state index in [1.807, 2.05) is 13.0 Å². The summed E-state index contributed by atoms with van der Waals surface area (Å²) in [5, 5.41) is 8.90. The van der Waals surface area contributed by atoms with Gasteiger partial charge in [-0.2, -0.15) is 5.26 Å². The third kappa shape index (κ3) is 3.47. The summed E-state index contributed by atoms with van der Waals surface area (Å²) >= 11 is 3.52. The molecule has 2 nitrogen and oxygen atoms in total. The molecule has 92 valence electrons. The minimum absolute atomic E-state index is 0.00166. The average molecular weight is 296 g/mol. The fourth-order valence-electron chi connectivity index (χ4n) is 1.88. The molecule has 1 aromatic carbocycles. The van der Waals surface area contributed by atoms with Crippen LogP contribution in [0.15, 0.2) is 16.6 Å². The lowest BCUT2D eigenvalue weighted by Gasteiger charge is -2.17. The van der Waals surface area contributed by atoms with Crippen molar-refractivity contribution in [3.63, 3.8) is 0 Å². The predicted octanol–water partition coefficient (Wildman–Crippen LogP) is 4.28. The van der Waals surface area contributed by atoms with Gasteiger partial charge < -0.3 is 4.74 Å². The van der Waals surface area contributed by atoms with Crippen molar-refractivity contribution in [1.82, 2.24) is 0 Å². The summed E-state index contributed by atoms with van der Waals surface area (Å²) in [6, 6.07) is 6.39. The van der Waals surface area contributed by atoms with Gasteiger partial charge in [0.15, 0.2) is 0 Å². The maximum absolute atomic E-state index is 8.90. The van der Waals surface area contributed by atoms with E-state index in [0.29, 0.717) is 5.92 Å². The maximum Gasteiger partial charge on any atom is 0.125 e. The number of methoxy groups -OCH3 is 1. The van der Waals surface area contributed by atoms with Crippen LogP contribution >= 0.6 is 15.9 Å². The van der Waals surface area contributed by atoms with Gasteiger partial charge >= 0.3 is 0 Å². The molecule has 0 aliphatic heterocycles. The van der Waals surface area contributed by atoms with Crippen LogP contribution in [0.1, 0.15) is 37.8 Å². The van der Waals surface area contributed by atoms with Gasteiger partial charge in [0.25, 0.3) is 0 Å². The lowest BCUT2D eigenvalue weighted by molar-refractivity contribution is 0.400. The van der Waals surface area contributed by atoms with Crippen LogP contribution in [-0.4, -0.2) is 7.11 Å². The second-order valence-electron chi connectivity index (χ2n) is 4.58. The number of halogens is 1. The Balaban J connectivity index is 3.24. The molecule has 0 amide bonds. The van der Waals surface area contributed by atoms with E-state index >= 15 is 0 Å². The number of hydrogen-bond acceptors (Lipinski definition) is 2. The van der Waals surface area contributed by atoms with Crippen LogP contribution in [0, 0.1) is 17.2 Å². The molecule has 0 aliphatic carbocycles. The summed E-state index contributed by atoms with van der Waals surface area (Å²) in [6.07, 6.45) is 0.721. The van der Waals surface area contributed by atoms with Gasteiger partial charge in [-0.25, -0.2) is 0 Å². The third-order valence-electron chi connectivity index (χ3n) is 2.73. The molecule has 0 fully saturated rings. The Morgan fingerprint density at radius 2 is 2.00 bits per heavy atom. The van der Waals surface area contributed by atoms with E-state index in [1.54, 1.807) is 7.11 Å². The van der Waals surface area contributed by atoms with Gasteiger partial charge in [0, 0.05) is 10.4 Å². The quantitative estimate of drug-likeness (QED) is 0.830. The van der Waals surface area contributed by atoms with Crippen LogP contribution in [0.3, 0.4) is 0 Å². The van der Waals surface area contributed by atoms with Gasteiger partial charge in [0.2, 0.25) is 0 Å². The van der Waals surface area contributed by atoms with Crippen molar-refractivity contribution in [3.05, 3.63) is 27.7 Å². The number of nitrogens with zero attached hydrogens (tertiary/aromatic N) is 1. The Bertz CT molecular complexity index is 435. The van der Waals surface area contributed by atoms with Crippen molar-refractivity contribution in [3.8, 4) is 11.8 Å². The smallest absolute Gasteiger partial charge is 0.125 e. The van der Waals surface area contributed by atoms with Crippen molar-refractivity contribution in [1.29, 1.82) is 5.26 Å². The number of nitriles is 1. The highest BCUT2D eigenvalue weighted by atomic mass is 79.9. The number of rotatable bonds is 4. The zero-order valence-corrected chi connectivity index (χ0v) is 12.3. The van der Waals surface area contributed by atoms with E-state index in [2.05, 4.69) is 41.9 Å². The van der Waals surface area contributed by atoms with Gasteiger partial charge in [-0.05, 0) is 42.5 Å². The summed E-state index contributed by atoms with van der Waals surface area (Å²) in [5.41, 5.74) is 2.28. The molecule has 0 heterocycles. The predicted molar refractivity (Wildman–Crippen MR) is 73.3 cm³/mol. The first-order valence-corrected chi connectivity index (χ1v) is 6.54. The molecule has 17 heavy (non-hydrogen) atoms. The molecule has 0 spiro atoms. The van der Waals surface area contributed by atoms with Gasteiger partial charge in [-0.3, -0.25) is 0 Å². The molecule has 0 aliphatic rings. The first-order valence-electron chi connectivity index (χ1n) is 5.75. The van der Waals surface area contributed by atoms with Gasteiger partial charge in [-0.1, -0.05) is 29.8 Å². The molecule has 1 aromatic rings. The molecular formula is C14H18BrNO. The normalized spacial score (nSPS) is 12.3. The first-order chi connectivity index (χ1) is 7.99. The monoisotopic (exact) mass is 295 g/mol. The fraction of sp³-hybridized carbons (Fsp3) is 0.500. The van der Waals surface area contributed by atoms with Crippen molar-refractivity contribution in [2.24, 2.45) is 5.92 Å². The molecule has 0 saturated carbocycles. The highest BCUT2D eigenvalue weighted by Gasteiger charge is 2.15. The molecule has 1 unspecified atom stereocenters. The van der Waals surface area contributed by atoms with Crippen LogP contribution in [0.4, 0.5) is 0 Å². The van der Waals surface area contributed by atoms with Crippen LogP contribution in [0.25, 0.3) is 0 Å². The van der Waals surface area contributed by atoms with Crippen molar-refractivity contribution in [2.75, 3.05) is 7.11 Å². The van der Waals surface area contributed by atoms with E-state index in [1.165, 1.54) is 5.56 Å². The lowest BCUT2D eigenvalue weighted by atomic mass is 9.94. The second kappa shape index (κ2) is 6.07. The highest BCUT2D eigenvalue weighted by molar-refractivity contribution is 9.10. The minimum atomic E-state index is -0.00166. The molecule has 0 saturated heterocycles. The summed E-state index contributed by atoms with van der Waals surface area (Å²) in [6.45, 7) is 6.21. The van der Waals surface area contributed by atoms with Crippen molar-refractivity contribution in [2.45, 2.75) is 33.1 Å². The summed E-state index contributed by atoms with van der Waals surface area (Å²) in [4.78, 5) is 0. The van der Waals surface area contributed by atoms with Crippen LogP contribution in [0.5, 0.6) is 5.75 Å². The molecule has 0 N–H and O–H groups in total. The van der Waals surface area contributed by atoms with Crippen molar-refractivity contribution < 1.29 is 4.74 Å². The SMILES string of the molecule is COc1c(CC(C)C#N)cc(Br)cc1C(C)C. The van der Waals surface area contributed by atoms with Crippen LogP contribution in [-0.2, 0) is 6.42 Å². The molecule has 0 aromatic heterocycles. The molecular weight excluding hydrogens is 278 g/mol. The third-order valence-corrected chi connectivity index (χ3v) is 3.19. The highest BCUT2D eigenvalue weighted by Crippen LogP contribution is 2.34. The largest absolute Gasteiger partial charge is 0.496 e. The van der Waals surface area contributed by atoms with Crippen LogP contribution < -0.4 is 4.74 Å². The Labute approximate surface area is 112 Å². The molecule has 3 heteroatoms. The summed E-state index contributed by atoms with van der Waals surface area (Å²) < 4.78 is 6.55. The fourth-order valence-corrected chi connectivity index (χ4v) is 2.40. The second-order valence-corrected chi connectivity index (χ2v) is 5.49. The Hall–Kier alpha value is -1.01. The molecule has 0 bridgehead atoms. The van der Waals surface area contributed by atoms with Gasteiger partial charge in [0.1, 0.15) is 5.75 Å². The van der Waals surface area contributed by atoms with Gasteiger partial charge in [-0.15, -0.1) is 0 Å². The lowest BCUT2D eigenvalue weighted by Crippen LogP contribution is -2.03. The number of ether oxygens (including phenoxy) is 1. The molecule has 1 rings (SSSR count). The van der Waals surface area contributed by atoms with E-state index in [9.17, 15) is 0 Å². The van der Waals surface area contributed by atoms with E-state index in [-0.39, 0.29) is 5.92 Å². The van der Waals surface area contributed by atoms with E-state index < -0.39 is 0 Å². The van der Waals surface area contributed by atoms with Gasteiger partial charge in [0.05, 0.1) is 13.2 Å².